The van der Waals surface area contributed by atoms with Crippen LogP contribution < -0.4 is 5.32 Å². The first-order valence-electron chi connectivity index (χ1n) is 6.83. The minimum Gasteiger partial charge on any atom is -0.383 e. The quantitative estimate of drug-likeness (QED) is 0.769. The lowest BCUT2D eigenvalue weighted by Crippen LogP contribution is -2.41. The Morgan fingerprint density at radius 1 is 1.33 bits per heavy atom. The van der Waals surface area contributed by atoms with Gasteiger partial charge in [-0.1, -0.05) is 6.07 Å². The van der Waals surface area contributed by atoms with Gasteiger partial charge in [-0.05, 0) is 12.1 Å². The molecule has 1 fully saturated rings. The summed E-state index contributed by atoms with van der Waals surface area (Å²) >= 11 is 0. The normalized spacial score (nSPS) is 14.8. The van der Waals surface area contributed by atoms with E-state index in [1.165, 1.54) is 0 Å². The van der Waals surface area contributed by atoms with E-state index < -0.39 is 0 Å². The van der Waals surface area contributed by atoms with Gasteiger partial charge in [-0.2, -0.15) is 0 Å². The smallest absolute Gasteiger partial charge is 0.272 e. The average molecular weight is 293 g/mol. The molecule has 7 heteroatoms. The third-order valence-electron chi connectivity index (χ3n) is 3.09. The highest BCUT2D eigenvalue weighted by Gasteiger charge is 2.20. The van der Waals surface area contributed by atoms with Gasteiger partial charge < -0.3 is 19.7 Å². The minimum atomic E-state index is -0.316. The Morgan fingerprint density at radius 2 is 2.05 bits per heavy atom. The predicted molar refractivity (Wildman–Crippen MR) is 75.2 cm³/mol. The molecule has 114 valence electrons. The average Bonchev–Trinajstić information content (AvgIpc) is 2.55. The number of rotatable bonds is 5. The summed E-state index contributed by atoms with van der Waals surface area (Å²) in [6.45, 7) is 2.98. The molecule has 1 aromatic heterocycles. The summed E-state index contributed by atoms with van der Waals surface area (Å²) in [5, 5.41) is 2.67. The lowest BCUT2D eigenvalue weighted by Gasteiger charge is -2.26. The number of hydrogen-bond acceptors (Lipinski definition) is 5. The fraction of sp³-hybridized carbons (Fsp3) is 0.500. The zero-order valence-corrected chi connectivity index (χ0v) is 12.0. The van der Waals surface area contributed by atoms with Crippen molar-refractivity contribution in [2.75, 3.05) is 46.6 Å². The van der Waals surface area contributed by atoms with E-state index in [0.29, 0.717) is 39.5 Å². The zero-order valence-electron chi connectivity index (χ0n) is 12.0. The number of morpholine rings is 1. The van der Waals surface area contributed by atoms with Gasteiger partial charge in [0.05, 0.1) is 19.8 Å². The Balaban J connectivity index is 2.02. The van der Waals surface area contributed by atoms with Crippen LogP contribution in [0.5, 0.6) is 0 Å². The van der Waals surface area contributed by atoms with E-state index in [-0.39, 0.29) is 23.2 Å². The van der Waals surface area contributed by atoms with Gasteiger partial charge in [0, 0.05) is 26.7 Å². The molecule has 0 aliphatic carbocycles. The number of pyridine rings is 1. The Labute approximate surface area is 123 Å². The number of methoxy groups -OCH3 is 1. The largest absolute Gasteiger partial charge is 0.383 e. The molecule has 0 aromatic carbocycles. The zero-order chi connectivity index (χ0) is 15.1. The summed E-state index contributed by atoms with van der Waals surface area (Å²) in [7, 11) is 1.56. The van der Waals surface area contributed by atoms with Crippen LogP contribution in [0.25, 0.3) is 0 Å². The first-order valence-corrected chi connectivity index (χ1v) is 6.83. The topological polar surface area (TPSA) is 80.8 Å². The predicted octanol–water partition coefficient (Wildman–Crippen LogP) is -0.0698. The van der Waals surface area contributed by atoms with Crippen molar-refractivity contribution in [3.63, 3.8) is 0 Å². The number of ether oxygens (including phenoxy) is 2. The van der Waals surface area contributed by atoms with E-state index in [0.717, 1.165) is 0 Å². The highest BCUT2D eigenvalue weighted by atomic mass is 16.5. The van der Waals surface area contributed by atoms with E-state index in [2.05, 4.69) is 10.3 Å². The lowest BCUT2D eigenvalue weighted by atomic mass is 10.2. The van der Waals surface area contributed by atoms with Crippen molar-refractivity contribution in [3.05, 3.63) is 29.6 Å². The van der Waals surface area contributed by atoms with Crippen LogP contribution in [-0.4, -0.2) is 68.3 Å². The van der Waals surface area contributed by atoms with Crippen LogP contribution in [0.2, 0.25) is 0 Å². The third kappa shape index (κ3) is 4.24. The molecule has 21 heavy (non-hydrogen) atoms. The number of nitrogens with one attached hydrogen (secondary N) is 1. The second kappa shape index (κ2) is 7.70. The maximum atomic E-state index is 12.3. The van der Waals surface area contributed by atoms with E-state index in [1.54, 1.807) is 30.2 Å². The molecular weight excluding hydrogens is 274 g/mol. The maximum Gasteiger partial charge on any atom is 0.272 e. The first-order chi connectivity index (χ1) is 10.2. The van der Waals surface area contributed by atoms with Crippen LogP contribution >= 0.6 is 0 Å². The number of aromatic nitrogens is 1. The molecule has 7 nitrogen and oxygen atoms in total. The highest BCUT2D eigenvalue weighted by Crippen LogP contribution is 2.06. The van der Waals surface area contributed by atoms with Crippen molar-refractivity contribution < 1.29 is 19.1 Å². The third-order valence-corrected chi connectivity index (χ3v) is 3.09. The van der Waals surface area contributed by atoms with Crippen LogP contribution in [0, 0.1) is 0 Å². The number of amides is 2. The molecule has 2 rings (SSSR count). The molecular formula is C14H19N3O4. The molecule has 1 N–H and O–H groups in total. The molecule has 1 saturated heterocycles. The molecule has 0 spiro atoms. The van der Waals surface area contributed by atoms with Gasteiger partial charge in [0.1, 0.15) is 11.4 Å². The van der Waals surface area contributed by atoms with Gasteiger partial charge >= 0.3 is 0 Å². The summed E-state index contributed by atoms with van der Waals surface area (Å²) in [6, 6.07) is 4.86. The van der Waals surface area contributed by atoms with Crippen LogP contribution in [0.15, 0.2) is 18.2 Å². The number of carbonyl (C=O) groups excluding carboxylic acids is 2. The monoisotopic (exact) mass is 293 g/mol. The molecule has 0 unspecified atom stereocenters. The maximum absolute atomic E-state index is 12.3. The number of hydrogen-bond donors (Lipinski definition) is 1. The van der Waals surface area contributed by atoms with E-state index >= 15 is 0 Å². The SMILES string of the molecule is COCCNC(=O)c1cccc(C(=O)N2CCOCC2)n1. The van der Waals surface area contributed by atoms with Crippen LogP contribution in [0.3, 0.4) is 0 Å². The van der Waals surface area contributed by atoms with Crippen LogP contribution in [-0.2, 0) is 9.47 Å². The van der Waals surface area contributed by atoms with Gasteiger partial charge in [0.2, 0.25) is 0 Å². The first kappa shape index (κ1) is 15.4. The molecule has 0 bridgehead atoms. The Bertz CT molecular complexity index is 501. The molecule has 2 heterocycles. The Kier molecular flexibility index (Phi) is 5.65. The summed E-state index contributed by atoms with van der Waals surface area (Å²) in [6.07, 6.45) is 0. The summed E-state index contributed by atoms with van der Waals surface area (Å²) in [5.41, 5.74) is 0.501. The fourth-order valence-electron chi connectivity index (χ4n) is 1.97. The molecule has 1 aliphatic rings. The van der Waals surface area contributed by atoms with E-state index in [9.17, 15) is 9.59 Å². The van der Waals surface area contributed by atoms with Crippen LogP contribution in [0.1, 0.15) is 21.0 Å². The van der Waals surface area contributed by atoms with E-state index in [1.807, 2.05) is 0 Å². The van der Waals surface area contributed by atoms with E-state index in [4.69, 9.17) is 9.47 Å². The Morgan fingerprint density at radius 3 is 2.76 bits per heavy atom. The lowest BCUT2D eigenvalue weighted by molar-refractivity contribution is 0.0299. The Hall–Kier alpha value is -1.99. The summed E-state index contributed by atoms with van der Waals surface area (Å²) in [4.78, 5) is 30.0. The summed E-state index contributed by atoms with van der Waals surface area (Å²) in [5.74, 6) is -0.492. The van der Waals surface area contributed by atoms with Crippen molar-refractivity contribution >= 4 is 11.8 Å². The molecule has 0 atom stereocenters. The number of carbonyl (C=O) groups is 2. The standard InChI is InChI=1S/C14H19N3O4/c1-20-8-5-15-13(18)11-3-2-4-12(16-11)14(19)17-6-9-21-10-7-17/h2-4H,5-10H2,1H3,(H,15,18). The van der Waals surface area contributed by atoms with Gasteiger partial charge in [-0.25, -0.2) is 4.98 Å². The molecule has 1 aliphatic heterocycles. The molecule has 1 aromatic rings. The molecule has 2 amide bonds. The van der Waals surface area contributed by atoms with Gasteiger partial charge in [-0.3, -0.25) is 9.59 Å². The minimum absolute atomic E-state index is 0.176. The fourth-order valence-corrected chi connectivity index (χ4v) is 1.97. The van der Waals surface area contributed by atoms with Crippen LogP contribution in [0.4, 0.5) is 0 Å². The van der Waals surface area contributed by atoms with Crippen molar-refractivity contribution in [3.8, 4) is 0 Å². The van der Waals surface area contributed by atoms with Gasteiger partial charge in [0.25, 0.3) is 11.8 Å². The molecule has 0 saturated carbocycles. The highest BCUT2D eigenvalue weighted by molar-refractivity contribution is 5.96. The van der Waals surface area contributed by atoms with Crippen molar-refractivity contribution in [2.24, 2.45) is 0 Å². The second-order valence-corrected chi connectivity index (χ2v) is 4.56. The van der Waals surface area contributed by atoms with Gasteiger partial charge in [-0.15, -0.1) is 0 Å². The second-order valence-electron chi connectivity index (χ2n) is 4.56. The van der Waals surface area contributed by atoms with Crippen molar-refractivity contribution in [1.29, 1.82) is 0 Å². The van der Waals surface area contributed by atoms with Gasteiger partial charge in [0.15, 0.2) is 0 Å². The summed E-state index contributed by atoms with van der Waals surface area (Å²) < 4.78 is 10.1. The van der Waals surface area contributed by atoms with Crippen molar-refractivity contribution in [1.82, 2.24) is 15.2 Å². The number of nitrogens with zero attached hydrogens (tertiary/aromatic N) is 2. The van der Waals surface area contributed by atoms with Crippen molar-refractivity contribution in [2.45, 2.75) is 0 Å². The molecule has 0 radical (unpaired) electrons.